The number of rotatable bonds is 4. The number of nitrogens with zero attached hydrogens (tertiary/aromatic N) is 1. The van der Waals surface area contributed by atoms with Crippen LogP contribution in [0.4, 0.5) is 0 Å². The lowest BCUT2D eigenvalue weighted by Crippen LogP contribution is -2.34. The molecular formula is C13H17NO6S. The van der Waals surface area contributed by atoms with Gasteiger partial charge in [-0.15, -0.1) is 0 Å². The number of hydrogen-bond donors (Lipinski definition) is 2. The molecule has 0 bridgehead atoms. The Hall–Kier alpha value is -1.64. The molecule has 1 aromatic carbocycles. The molecule has 1 saturated heterocycles. The molecule has 0 spiro atoms. The van der Waals surface area contributed by atoms with E-state index in [1.54, 1.807) is 6.92 Å². The molecule has 116 valence electrons. The molecule has 0 aromatic heterocycles. The molecule has 1 aliphatic rings. The van der Waals surface area contributed by atoms with Gasteiger partial charge in [0.05, 0.1) is 18.3 Å². The third kappa shape index (κ3) is 3.02. The van der Waals surface area contributed by atoms with Gasteiger partial charge in [0, 0.05) is 13.1 Å². The number of carboxylic acids is 1. The van der Waals surface area contributed by atoms with Gasteiger partial charge in [-0.1, -0.05) is 0 Å². The average molecular weight is 315 g/mol. The van der Waals surface area contributed by atoms with Crippen molar-refractivity contribution in [3.8, 4) is 5.75 Å². The second kappa shape index (κ2) is 5.28. The van der Waals surface area contributed by atoms with Crippen LogP contribution in [0.2, 0.25) is 0 Å². The standard InChI is InChI=1S/C13H17NO6S/c1-13(17)5-6-14(8-13)21(18,19)11-7-9(12(15)16)3-4-10(11)20-2/h3-4,7,17H,5-6,8H2,1-2H3,(H,15,16). The maximum atomic E-state index is 12.6. The zero-order valence-electron chi connectivity index (χ0n) is 11.7. The molecule has 0 aliphatic carbocycles. The van der Waals surface area contributed by atoms with Gasteiger partial charge in [-0.05, 0) is 31.5 Å². The van der Waals surface area contributed by atoms with Crippen LogP contribution in [0.3, 0.4) is 0 Å². The number of sulfonamides is 1. The molecule has 0 saturated carbocycles. The molecule has 0 amide bonds. The highest BCUT2D eigenvalue weighted by Crippen LogP contribution is 2.32. The molecule has 1 heterocycles. The maximum absolute atomic E-state index is 12.6. The Bertz CT molecular complexity index is 667. The van der Waals surface area contributed by atoms with Crippen molar-refractivity contribution < 1.29 is 28.2 Å². The molecule has 7 nitrogen and oxygen atoms in total. The summed E-state index contributed by atoms with van der Waals surface area (Å²) in [6, 6.07) is 3.66. The second-order valence-corrected chi connectivity index (χ2v) is 7.16. The molecule has 2 rings (SSSR count). The number of hydrogen-bond acceptors (Lipinski definition) is 5. The van der Waals surface area contributed by atoms with E-state index in [9.17, 15) is 18.3 Å². The first-order chi connectivity index (χ1) is 9.67. The fourth-order valence-electron chi connectivity index (χ4n) is 2.26. The van der Waals surface area contributed by atoms with Crippen molar-refractivity contribution in [2.45, 2.75) is 23.8 Å². The van der Waals surface area contributed by atoms with Crippen LogP contribution in [0.15, 0.2) is 23.1 Å². The van der Waals surface area contributed by atoms with Crippen molar-refractivity contribution in [3.63, 3.8) is 0 Å². The van der Waals surface area contributed by atoms with Crippen molar-refractivity contribution in [2.24, 2.45) is 0 Å². The molecule has 8 heteroatoms. The Kier molecular flexibility index (Phi) is 3.96. The fraction of sp³-hybridized carbons (Fsp3) is 0.462. The van der Waals surface area contributed by atoms with E-state index >= 15 is 0 Å². The Morgan fingerprint density at radius 2 is 2.10 bits per heavy atom. The van der Waals surface area contributed by atoms with Crippen molar-refractivity contribution in [1.82, 2.24) is 4.31 Å². The minimum absolute atomic E-state index is 0.0320. The molecule has 1 aromatic rings. The number of ether oxygens (including phenoxy) is 1. The first-order valence-electron chi connectivity index (χ1n) is 6.31. The van der Waals surface area contributed by atoms with E-state index in [4.69, 9.17) is 9.84 Å². The third-order valence-electron chi connectivity index (χ3n) is 3.45. The predicted molar refractivity (Wildman–Crippen MR) is 74.0 cm³/mol. The summed E-state index contributed by atoms with van der Waals surface area (Å²) < 4.78 is 31.4. The Balaban J connectivity index is 2.48. The van der Waals surface area contributed by atoms with Crippen LogP contribution >= 0.6 is 0 Å². The number of carbonyl (C=O) groups is 1. The summed E-state index contributed by atoms with van der Waals surface area (Å²) in [6.45, 7) is 1.71. The Labute approximate surface area is 122 Å². The summed E-state index contributed by atoms with van der Waals surface area (Å²) in [5, 5.41) is 18.9. The molecule has 2 N–H and O–H groups in total. The molecule has 21 heavy (non-hydrogen) atoms. The maximum Gasteiger partial charge on any atom is 0.335 e. The lowest BCUT2D eigenvalue weighted by molar-refractivity contribution is 0.0695. The highest BCUT2D eigenvalue weighted by molar-refractivity contribution is 7.89. The SMILES string of the molecule is COc1ccc(C(=O)O)cc1S(=O)(=O)N1CCC(C)(O)C1. The summed E-state index contributed by atoms with van der Waals surface area (Å²) in [5.41, 5.74) is -1.22. The number of aliphatic hydroxyl groups is 1. The zero-order valence-corrected chi connectivity index (χ0v) is 12.6. The smallest absolute Gasteiger partial charge is 0.335 e. The van der Waals surface area contributed by atoms with Crippen molar-refractivity contribution in [3.05, 3.63) is 23.8 Å². The topological polar surface area (TPSA) is 104 Å². The van der Waals surface area contributed by atoms with E-state index in [1.807, 2.05) is 0 Å². The number of aromatic carboxylic acids is 1. The van der Waals surface area contributed by atoms with Gasteiger partial charge in [-0.3, -0.25) is 0 Å². The largest absolute Gasteiger partial charge is 0.495 e. The lowest BCUT2D eigenvalue weighted by Gasteiger charge is -2.20. The van der Waals surface area contributed by atoms with Gasteiger partial charge in [0.1, 0.15) is 10.6 Å². The van der Waals surface area contributed by atoms with Crippen molar-refractivity contribution in [2.75, 3.05) is 20.2 Å². The van der Waals surface area contributed by atoms with Crippen molar-refractivity contribution >= 4 is 16.0 Å². The van der Waals surface area contributed by atoms with Gasteiger partial charge in [0.2, 0.25) is 10.0 Å². The van der Waals surface area contributed by atoms with Crippen LogP contribution in [-0.4, -0.2) is 54.7 Å². The number of benzene rings is 1. The third-order valence-corrected chi connectivity index (χ3v) is 5.31. The Morgan fingerprint density at radius 1 is 1.43 bits per heavy atom. The number of methoxy groups -OCH3 is 1. The summed E-state index contributed by atoms with van der Waals surface area (Å²) >= 11 is 0. The Morgan fingerprint density at radius 3 is 2.57 bits per heavy atom. The van der Waals surface area contributed by atoms with Gasteiger partial charge < -0.3 is 14.9 Å². The van der Waals surface area contributed by atoms with Gasteiger partial charge in [0.15, 0.2) is 0 Å². The van der Waals surface area contributed by atoms with E-state index in [-0.39, 0.29) is 29.3 Å². The van der Waals surface area contributed by atoms with E-state index in [2.05, 4.69) is 0 Å². The zero-order chi connectivity index (χ0) is 15.8. The van der Waals surface area contributed by atoms with Crippen LogP contribution < -0.4 is 4.74 Å². The van der Waals surface area contributed by atoms with Crippen LogP contribution in [-0.2, 0) is 10.0 Å². The monoisotopic (exact) mass is 315 g/mol. The minimum atomic E-state index is -3.92. The number of carboxylic acid groups (broad SMARTS) is 1. The van der Waals surface area contributed by atoms with Gasteiger partial charge in [-0.25, -0.2) is 13.2 Å². The van der Waals surface area contributed by atoms with Gasteiger partial charge >= 0.3 is 5.97 Å². The van der Waals surface area contributed by atoms with E-state index < -0.39 is 21.6 Å². The first kappa shape index (κ1) is 15.7. The molecular weight excluding hydrogens is 298 g/mol. The minimum Gasteiger partial charge on any atom is -0.495 e. The van der Waals surface area contributed by atoms with E-state index in [0.29, 0.717) is 6.42 Å². The van der Waals surface area contributed by atoms with Crippen LogP contribution in [0.1, 0.15) is 23.7 Å². The molecule has 1 atom stereocenters. The quantitative estimate of drug-likeness (QED) is 0.840. The fourth-order valence-corrected chi connectivity index (χ4v) is 4.00. The molecule has 0 radical (unpaired) electrons. The van der Waals surface area contributed by atoms with Crippen LogP contribution in [0.5, 0.6) is 5.75 Å². The average Bonchev–Trinajstić information content (AvgIpc) is 2.79. The molecule has 1 unspecified atom stereocenters. The van der Waals surface area contributed by atoms with E-state index in [0.717, 1.165) is 10.4 Å². The highest BCUT2D eigenvalue weighted by Gasteiger charge is 2.39. The van der Waals surface area contributed by atoms with Gasteiger partial charge in [0.25, 0.3) is 0 Å². The normalized spacial score (nSPS) is 23.2. The predicted octanol–water partition coefficient (Wildman–Crippen LogP) is 0.539. The first-order valence-corrected chi connectivity index (χ1v) is 7.75. The number of β-amino-alcohol motifs (C(OH)–C–C–N with tert-alkyl or cyclic N) is 1. The lowest BCUT2D eigenvalue weighted by atomic mass is 10.1. The summed E-state index contributed by atoms with van der Waals surface area (Å²) in [4.78, 5) is 10.8. The summed E-state index contributed by atoms with van der Waals surface area (Å²) in [5.74, 6) is -1.14. The molecule has 1 fully saturated rings. The van der Waals surface area contributed by atoms with Crippen LogP contribution in [0, 0.1) is 0 Å². The molecule has 1 aliphatic heterocycles. The summed E-state index contributed by atoms with van der Waals surface area (Å²) in [6.07, 6.45) is 0.327. The van der Waals surface area contributed by atoms with Crippen LogP contribution in [0.25, 0.3) is 0 Å². The highest BCUT2D eigenvalue weighted by atomic mass is 32.2. The van der Waals surface area contributed by atoms with Crippen molar-refractivity contribution in [1.29, 1.82) is 0 Å². The van der Waals surface area contributed by atoms with E-state index in [1.165, 1.54) is 19.2 Å². The summed E-state index contributed by atoms with van der Waals surface area (Å²) in [7, 11) is -2.61. The van der Waals surface area contributed by atoms with Gasteiger partial charge in [-0.2, -0.15) is 4.31 Å². The second-order valence-electron chi connectivity index (χ2n) is 5.26.